The number of fused-ring (bicyclic) bond motifs is 1. The molecule has 1 amide bonds. The van der Waals surface area contributed by atoms with Gasteiger partial charge in [-0.2, -0.15) is 0 Å². The number of hydrogen-bond acceptors (Lipinski definition) is 3. The van der Waals surface area contributed by atoms with Crippen LogP contribution in [0.25, 0.3) is 33.4 Å². The molecule has 0 saturated heterocycles. The standard InChI is InChI=1S/C29H21F2NO3/c1-32-29(33)27-24-15-20(9-14-25(24)35-28(27)19-7-10-21(30)11-8-19)23-13-12-22(31)16-26(23)34-17-18-5-3-2-4-6-18/h2-16H,17H2,1H3,(H,32,33). The van der Waals surface area contributed by atoms with Gasteiger partial charge in [0.15, 0.2) is 0 Å². The van der Waals surface area contributed by atoms with Crippen molar-refractivity contribution >= 4 is 16.9 Å². The topological polar surface area (TPSA) is 51.5 Å². The van der Waals surface area contributed by atoms with Gasteiger partial charge < -0.3 is 14.5 Å². The Morgan fingerprint density at radius 2 is 1.57 bits per heavy atom. The number of benzene rings is 4. The molecule has 0 radical (unpaired) electrons. The van der Waals surface area contributed by atoms with Gasteiger partial charge in [0.05, 0.1) is 5.56 Å². The van der Waals surface area contributed by atoms with Crippen molar-refractivity contribution in [1.82, 2.24) is 5.32 Å². The zero-order chi connectivity index (χ0) is 24.4. The van der Waals surface area contributed by atoms with E-state index in [0.29, 0.717) is 39.2 Å². The first kappa shape index (κ1) is 22.3. The second kappa shape index (κ2) is 9.43. The highest BCUT2D eigenvalue weighted by Gasteiger charge is 2.22. The molecule has 4 nitrogen and oxygen atoms in total. The van der Waals surface area contributed by atoms with E-state index in [1.807, 2.05) is 42.5 Å². The van der Waals surface area contributed by atoms with Crippen molar-refractivity contribution in [2.75, 3.05) is 7.05 Å². The summed E-state index contributed by atoms with van der Waals surface area (Å²) in [6, 6.07) is 25.1. The average molecular weight is 469 g/mol. The summed E-state index contributed by atoms with van der Waals surface area (Å²) in [4.78, 5) is 12.8. The molecule has 1 aromatic heterocycles. The van der Waals surface area contributed by atoms with Crippen molar-refractivity contribution in [3.63, 3.8) is 0 Å². The number of hydrogen-bond donors (Lipinski definition) is 1. The molecule has 174 valence electrons. The van der Waals surface area contributed by atoms with E-state index in [1.54, 1.807) is 24.3 Å². The third-order valence-electron chi connectivity index (χ3n) is 5.74. The van der Waals surface area contributed by atoms with Crippen LogP contribution in [0.1, 0.15) is 15.9 Å². The molecule has 0 aliphatic carbocycles. The SMILES string of the molecule is CNC(=O)c1c(-c2ccc(F)cc2)oc2ccc(-c3ccc(F)cc3OCc3ccccc3)cc12. The summed E-state index contributed by atoms with van der Waals surface area (Å²) in [5, 5.41) is 3.23. The summed E-state index contributed by atoms with van der Waals surface area (Å²) >= 11 is 0. The van der Waals surface area contributed by atoms with Gasteiger partial charge in [-0.25, -0.2) is 8.78 Å². The minimum absolute atomic E-state index is 0.281. The van der Waals surface area contributed by atoms with Gasteiger partial charge in [0.1, 0.15) is 35.3 Å². The van der Waals surface area contributed by atoms with E-state index in [0.717, 1.165) is 11.1 Å². The lowest BCUT2D eigenvalue weighted by atomic mass is 9.99. The Bertz CT molecular complexity index is 1510. The van der Waals surface area contributed by atoms with E-state index in [1.165, 1.54) is 31.3 Å². The Balaban J connectivity index is 1.60. The predicted molar refractivity (Wildman–Crippen MR) is 131 cm³/mol. The molecule has 35 heavy (non-hydrogen) atoms. The highest BCUT2D eigenvalue weighted by atomic mass is 19.1. The molecule has 0 spiro atoms. The van der Waals surface area contributed by atoms with Crippen LogP contribution < -0.4 is 10.1 Å². The molecule has 0 atom stereocenters. The summed E-state index contributed by atoms with van der Waals surface area (Å²) in [5.41, 5.74) is 3.79. The zero-order valence-electron chi connectivity index (χ0n) is 18.8. The Hall–Kier alpha value is -4.45. The highest BCUT2D eigenvalue weighted by molar-refractivity contribution is 6.11. The van der Waals surface area contributed by atoms with Crippen LogP contribution in [0.15, 0.2) is 95.4 Å². The Kier molecular flexibility index (Phi) is 6.02. The summed E-state index contributed by atoms with van der Waals surface area (Å²) in [5.74, 6) is -0.396. The second-order valence-corrected chi connectivity index (χ2v) is 8.02. The number of ether oxygens (including phenoxy) is 1. The Morgan fingerprint density at radius 1 is 0.857 bits per heavy atom. The number of furan rings is 1. The van der Waals surface area contributed by atoms with Crippen LogP contribution in [0.5, 0.6) is 5.75 Å². The summed E-state index contributed by atoms with van der Waals surface area (Å²) < 4.78 is 39.6. The van der Waals surface area contributed by atoms with Gasteiger partial charge in [-0.15, -0.1) is 0 Å². The first-order valence-electron chi connectivity index (χ1n) is 11.0. The maximum atomic E-state index is 14.1. The molecule has 5 aromatic rings. The highest BCUT2D eigenvalue weighted by Crippen LogP contribution is 2.38. The minimum atomic E-state index is -0.411. The molecule has 5 rings (SSSR count). The maximum absolute atomic E-state index is 14.1. The number of nitrogens with one attached hydrogen (secondary N) is 1. The van der Waals surface area contributed by atoms with Gasteiger partial charge in [-0.1, -0.05) is 36.4 Å². The molecule has 6 heteroatoms. The van der Waals surface area contributed by atoms with Crippen molar-refractivity contribution in [2.45, 2.75) is 6.61 Å². The van der Waals surface area contributed by atoms with E-state index < -0.39 is 5.82 Å². The first-order valence-corrected chi connectivity index (χ1v) is 11.0. The Morgan fingerprint density at radius 3 is 2.31 bits per heavy atom. The smallest absolute Gasteiger partial charge is 0.255 e. The number of carbonyl (C=O) groups is 1. The van der Waals surface area contributed by atoms with E-state index in [2.05, 4.69) is 5.32 Å². The van der Waals surface area contributed by atoms with Crippen LogP contribution in [0.4, 0.5) is 8.78 Å². The fourth-order valence-electron chi connectivity index (χ4n) is 4.01. The zero-order valence-corrected chi connectivity index (χ0v) is 18.8. The molecular weight excluding hydrogens is 448 g/mol. The van der Waals surface area contributed by atoms with Crippen molar-refractivity contribution in [3.8, 4) is 28.2 Å². The van der Waals surface area contributed by atoms with Gasteiger partial charge in [-0.05, 0) is 59.7 Å². The molecule has 0 unspecified atom stereocenters. The molecule has 1 N–H and O–H groups in total. The number of halogens is 2. The van der Waals surface area contributed by atoms with E-state index in [4.69, 9.17) is 9.15 Å². The van der Waals surface area contributed by atoms with Crippen LogP contribution >= 0.6 is 0 Å². The number of carbonyl (C=O) groups excluding carboxylic acids is 1. The van der Waals surface area contributed by atoms with E-state index in [-0.39, 0.29) is 18.3 Å². The van der Waals surface area contributed by atoms with E-state index in [9.17, 15) is 13.6 Å². The predicted octanol–water partition coefficient (Wildman–Crippen LogP) is 6.98. The van der Waals surface area contributed by atoms with Crippen LogP contribution in [0, 0.1) is 11.6 Å². The first-order chi connectivity index (χ1) is 17.0. The molecule has 0 fully saturated rings. The fraction of sp³-hybridized carbons (Fsp3) is 0.0690. The van der Waals surface area contributed by atoms with Crippen LogP contribution in [0.3, 0.4) is 0 Å². The molecule has 1 heterocycles. The van der Waals surface area contributed by atoms with Gasteiger partial charge >= 0.3 is 0 Å². The normalized spacial score (nSPS) is 10.9. The van der Waals surface area contributed by atoms with Crippen molar-refractivity contribution in [3.05, 3.63) is 114 Å². The summed E-state index contributed by atoms with van der Waals surface area (Å²) in [7, 11) is 1.54. The fourth-order valence-corrected chi connectivity index (χ4v) is 4.01. The third kappa shape index (κ3) is 4.51. The Labute approximate surface area is 200 Å². The molecular formula is C29H21F2NO3. The lowest BCUT2D eigenvalue weighted by molar-refractivity contribution is 0.0964. The lowest BCUT2D eigenvalue weighted by Gasteiger charge is -2.12. The van der Waals surface area contributed by atoms with Crippen LogP contribution in [0.2, 0.25) is 0 Å². The molecule has 0 aliphatic heterocycles. The van der Waals surface area contributed by atoms with Gasteiger partial charge in [0.2, 0.25) is 0 Å². The molecule has 0 bridgehead atoms. The van der Waals surface area contributed by atoms with E-state index >= 15 is 0 Å². The molecule has 4 aromatic carbocycles. The van der Waals surface area contributed by atoms with Crippen molar-refractivity contribution < 1.29 is 22.7 Å². The van der Waals surface area contributed by atoms with Crippen LogP contribution in [-0.4, -0.2) is 13.0 Å². The third-order valence-corrected chi connectivity index (χ3v) is 5.74. The van der Waals surface area contributed by atoms with Gasteiger partial charge in [0, 0.05) is 29.6 Å². The quantitative estimate of drug-likeness (QED) is 0.292. The van der Waals surface area contributed by atoms with Gasteiger partial charge in [-0.3, -0.25) is 4.79 Å². The molecule has 0 saturated carbocycles. The average Bonchev–Trinajstić information content (AvgIpc) is 3.27. The maximum Gasteiger partial charge on any atom is 0.255 e. The van der Waals surface area contributed by atoms with Crippen LogP contribution in [-0.2, 0) is 6.61 Å². The van der Waals surface area contributed by atoms with Gasteiger partial charge in [0.25, 0.3) is 5.91 Å². The van der Waals surface area contributed by atoms with Crippen molar-refractivity contribution in [1.29, 1.82) is 0 Å². The summed E-state index contributed by atoms with van der Waals surface area (Å²) in [6.45, 7) is 0.281. The van der Waals surface area contributed by atoms with Crippen molar-refractivity contribution in [2.24, 2.45) is 0 Å². The lowest BCUT2D eigenvalue weighted by Crippen LogP contribution is -2.18. The molecule has 0 aliphatic rings. The largest absolute Gasteiger partial charge is 0.488 e. The number of rotatable bonds is 6. The number of amides is 1. The summed E-state index contributed by atoms with van der Waals surface area (Å²) in [6.07, 6.45) is 0. The second-order valence-electron chi connectivity index (χ2n) is 8.02. The monoisotopic (exact) mass is 469 g/mol. The minimum Gasteiger partial charge on any atom is -0.488 e.